The van der Waals surface area contributed by atoms with Crippen LogP contribution in [0.4, 0.5) is 5.69 Å². The molecular formula is C21H20N6O. The minimum Gasteiger partial charge on any atom is -0.377 e. The van der Waals surface area contributed by atoms with E-state index in [4.69, 9.17) is 11.1 Å². The van der Waals surface area contributed by atoms with E-state index in [-0.39, 0.29) is 5.96 Å². The lowest BCUT2D eigenvalue weighted by molar-refractivity contribution is 0.0978. The molecule has 7 heteroatoms. The molecular weight excluding hydrogens is 352 g/mol. The molecule has 0 aliphatic rings. The molecule has 0 aliphatic heterocycles. The summed E-state index contributed by atoms with van der Waals surface area (Å²) >= 11 is 0. The van der Waals surface area contributed by atoms with Crippen LogP contribution in [-0.2, 0) is 0 Å². The molecule has 140 valence electrons. The Labute approximate surface area is 161 Å². The highest BCUT2D eigenvalue weighted by Gasteiger charge is 2.20. The van der Waals surface area contributed by atoms with E-state index < -0.39 is 5.91 Å². The number of hydrogen-bond donors (Lipinski definition) is 3. The van der Waals surface area contributed by atoms with Gasteiger partial charge in [0.25, 0.3) is 5.91 Å². The topological polar surface area (TPSA) is 100 Å². The molecule has 0 unspecified atom stereocenters. The SMILES string of the molecule is CN(C)c1cccc2c1c(C(=O)NC(=N)N)cn2-c1ccnc2ccccc12. The van der Waals surface area contributed by atoms with Crippen LogP contribution in [0, 0.1) is 5.41 Å². The lowest BCUT2D eigenvalue weighted by Crippen LogP contribution is -2.35. The predicted octanol–water partition coefficient (Wildman–Crippen LogP) is 2.87. The summed E-state index contributed by atoms with van der Waals surface area (Å²) < 4.78 is 1.99. The summed E-state index contributed by atoms with van der Waals surface area (Å²) in [6.07, 6.45) is 3.55. The van der Waals surface area contributed by atoms with Crippen LogP contribution in [0.3, 0.4) is 0 Å². The maximum Gasteiger partial charge on any atom is 0.260 e. The number of pyridine rings is 1. The number of amides is 1. The third-order valence-electron chi connectivity index (χ3n) is 4.67. The van der Waals surface area contributed by atoms with Gasteiger partial charge in [0, 0.05) is 42.9 Å². The second-order valence-electron chi connectivity index (χ2n) is 6.69. The van der Waals surface area contributed by atoms with E-state index in [0.717, 1.165) is 33.2 Å². The molecule has 0 spiro atoms. The highest BCUT2D eigenvalue weighted by Crippen LogP contribution is 2.34. The first-order chi connectivity index (χ1) is 13.5. The fourth-order valence-electron chi connectivity index (χ4n) is 3.49. The fraction of sp³-hybridized carbons (Fsp3) is 0.0952. The number of nitrogens with two attached hydrogens (primary N) is 1. The number of guanidine groups is 1. The molecule has 4 aromatic rings. The lowest BCUT2D eigenvalue weighted by atomic mass is 10.1. The molecule has 0 fully saturated rings. The van der Waals surface area contributed by atoms with Gasteiger partial charge in [-0.25, -0.2) is 0 Å². The number of fused-ring (bicyclic) bond motifs is 2. The highest BCUT2D eigenvalue weighted by atomic mass is 16.1. The van der Waals surface area contributed by atoms with Crippen molar-refractivity contribution in [2.24, 2.45) is 5.73 Å². The number of nitrogens with one attached hydrogen (secondary N) is 2. The minimum atomic E-state index is -0.413. The quantitative estimate of drug-likeness (QED) is 0.380. The summed E-state index contributed by atoms with van der Waals surface area (Å²) in [5.41, 5.74) is 9.44. The molecule has 1 amide bonds. The number of carbonyl (C=O) groups excluding carboxylic acids is 1. The molecule has 0 atom stereocenters. The van der Waals surface area contributed by atoms with Gasteiger partial charge in [-0.2, -0.15) is 0 Å². The van der Waals surface area contributed by atoms with Gasteiger partial charge < -0.3 is 15.2 Å². The van der Waals surface area contributed by atoms with Crippen molar-refractivity contribution < 1.29 is 4.79 Å². The normalized spacial score (nSPS) is 10.9. The largest absolute Gasteiger partial charge is 0.377 e. The zero-order valence-electron chi connectivity index (χ0n) is 15.6. The van der Waals surface area contributed by atoms with Crippen molar-refractivity contribution in [3.05, 3.63) is 66.5 Å². The number of para-hydroxylation sites is 1. The summed E-state index contributed by atoms with van der Waals surface area (Å²) in [4.78, 5) is 19.2. The van der Waals surface area contributed by atoms with Crippen LogP contribution in [0.1, 0.15) is 10.4 Å². The molecule has 2 aromatic carbocycles. The average molecular weight is 372 g/mol. The van der Waals surface area contributed by atoms with Crippen molar-refractivity contribution in [3.8, 4) is 5.69 Å². The van der Waals surface area contributed by atoms with Crippen molar-refractivity contribution in [2.45, 2.75) is 0 Å². The maximum atomic E-state index is 12.8. The molecule has 0 aliphatic carbocycles. The Hall–Kier alpha value is -3.87. The Morgan fingerprint density at radius 1 is 1.14 bits per heavy atom. The van der Waals surface area contributed by atoms with Gasteiger partial charge in [0.2, 0.25) is 0 Å². The van der Waals surface area contributed by atoms with Crippen molar-refractivity contribution >= 4 is 39.4 Å². The van der Waals surface area contributed by atoms with E-state index in [1.165, 1.54) is 0 Å². The van der Waals surface area contributed by atoms with E-state index in [1.807, 2.05) is 72.1 Å². The summed E-state index contributed by atoms with van der Waals surface area (Å²) in [6, 6.07) is 15.7. The molecule has 2 aromatic heterocycles. The first-order valence-corrected chi connectivity index (χ1v) is 8.78. The summed E-state index contributed by atoms with van der Waals surface area (Å²) in [5, 5.41) is 11.6. The third kappa shape index (κ3) is 2.83. The smallest absolute Gasteiger partial charge is 0.260 e. The van der Waals surface area contributed by atoms with Gasteiger partial charge in [0.1, 0.15) is 0 Å². The number of hydrogen-bond acceptors (Lipinski definition) is 4. The zero-order chi connectivity index (χ0) is 19.8. The second-order valence-corrected chi connectivity index (χ2v) is 6.69. The second kappa shape index (κ2) is 6.70. The number of anilines is 1. The van der Waals surface area contributed by atoms with Gasteiger partial charge in [0.05, 0.1) is 22.3 Å². The minimum absolute atomic E-state index is 0.386. The summed E-state index contributed by atoms with van der Waals surface area (Å²) in [5.74, 6) is -0.800. The average Bonchev–Trinajstić information content (AvgIpc) is 3.06. The van der Waals surface area contributed by atoms with Crippen molar-refractivity contribution in [1.82, 2.24) is 14.9 Å². The van der Waals surface area contributed by atoms with Crippen LogP contribution < -0.4 is 16.0 Å². The first kappa shape index (κ1) is 17.5. The third-order valence-corrected chi connectivity index (χ3v) is 4.67. The maximum absolute atomic E-state index is 12.8. The summed E-state index contributed by atoms with van der Waals surface area (Å²) in [6.45, 7) is 0. The molecule has 28 heavy (non-hydrogen) atoms. The van der Waals surface area contributed by atoms with E-state index in [0.29, 0.717) is 5.56 Å². The predicted molar refractivity (Wildman–Crippen MR) is 112 cm³/mol. The Morgan fingerprint density at radius 2 is 1.93 bits per heavy atom. The van der Waals surface area contributed by atoms with Crippen LogP contribution in [-0.4, -0.2) is 35.5 Å². The molecule has 0 saturated carbocycles. The van der Waals surface area contributed by atoms with E-state index >= 15 is 0 Å². The van der Waals surface area contributed by atoms with E-state index in [9.17, 15) is 4.79 Å². The van der Waals surface area contributed by atoms with Gasteiger partial charge >= 0.3 is 0 Å². The van der Waals surface area contributed by atoms with Gasteiger partial charge in [-0.3, -0.25) is 20.5 Å². The number of aromatic nitrogens is 2. The molecule has 0 radical (unpaired) electrons. The molecule has 4 N–H and O–H groups in total. The van der Waals surface area contributed by atoms with Crippen LogP contribution in [0.5, 0.6) is 0 Å². The van der Waals surface area contributed by atoms with Gasteiger partial charge in [0.15, 0.2) is 5.96 Å². The first-order valence-electron chi connectivity index (χ1n) is 8.78. The van der Waals surface area contributed by atoms with Gasteiger partial charge in [-0.1, -0.05) is 24.3 Å². The number of nitrogens with zero attached hydrogens (tertiary/aromatic N) is 3. The van der Waals surface area contributed by atoms with Crippen molar-refractivity contribution in [2.75, 3.05) is 19.0 Å². The number of carbonyl (C=O) groups is 1. The Kier molecular flexibility index (Phi) is 4.19. The van der Waals surface area contributed by atoms with Crippen molar-refractivity contribution in [1.29, 1.82) is 5.41 Å². The molecule has 4 rings (SSSR count). The standard InChI is InChI=1S/C21H20N6O/c1-26(2)17-8-5-9-18-19(17)14(20(28)25-21(22)23)12-27(18)16-10-11-24-15-7-4-3-6-13(15)16/h3-12H,1-2H3,(H4,22,23,25,28). The molecule has 2 heterocycles. The van der Waals surface area contributed by atoms with E-state index in [1.54, 1.807) is 12.4 Å². The van der Waals surface area contributed by atoms with Crippen LogP contribution in [0.25, 0.3) is 27.5 Å². The number of benzene rings is 2. The summed E-state index contributed by atoms with van der Waals surface area (Å²) in [7, 11) is 3.86. The fourth-order valence-corrected chi connectivity index (χ4v) is 3.49. The Morgan fingerprint density at radius 3 is 2.68 bits per heavy atom. The Bertz CT molecular complexity index is 1220. The van der Waals surface area contributed by atoms with Crippen LogP contribution in [0.15, 0.2) is 60.9 Å². The monoisotopic (exact) mass is 372 g/mol. The Balaban J connectivity index is 2.06. The van der Waals surface area contributed by atoms with Crippen LogP contribution >= 0.6 is 0 Å². The highest BCUT2D eigenvalue weighted by molar-refractivity contribution is 6.16. The molecule has 0 bridgehead atoms. The number of rotatable bonds is 3. The zero-order valence-corrected chi connectivity index (χ0v) is 15.6. The van der Waals surface area contributed by atoms with Gasteiger partial charge in [-0.15, -0.1) is 0 Å². The van der Waals surface area contributed by atoms with Crippen molar-refractivity contribution in [3.63, 3.8) is 0 Å². The van der Waals surface area contributed by atoms with E-state index in [2.05, 4.69) is 10.3 Å². The lowest BCUT2D eigenvalue weighted by Gasteiger charge is -2.15. The van der Waals surface area contributed by atoms with Gasteiger partial charge in [-0.05, 0) is 24.3 Å². The molecule has 7 nitrogen and oxygen atoms in total. The van der Waals surface area contributed by atoms with Crippen LogP contribution in [0.2, 0.25) is 0 Å². The molecule has 0 saturated heterocycles.